The Morgan fingerprint density at radius 2 is 2.04 bits per heavy atom. The van der Waals surface area contributed by atoms with Crippen LogP contribution >= 0.6 is 0 Å². The Morgan fingerprint density at radius 3 is 2.78 bits per heavy atom. The van der Waals surface area contributed by atoms with E-state index in [9.17, 15) is 9.59 Å². The Bertz CT molecular complexity index is 665. The van der Waals surface area contributed by atoms with Crippen molar-refractivity contribution < 1.29 is 14.3 Å². The lowest BCUT2D eigenvalue weighted by Gasteiger charge is -2.25. The molecule has 3 heterocycles. The van der Waals surface area contributed by atoms with Crippen molar-refractivity contribution in [3.05, 3.63) is 47.2 Å². The summed E-state index contributed by atoms with van der Waals surface area (Å²) in [4.78, 5) is 26.6. The lowest BCUT2D eigenvalue weighted by atomic mass is 9.96. The van der Waals surface area contributed by atoms with Crippen molar-refractivity contribution in [2.24, 2.45) is 0 Å². The fourth-order valence-electron chi connectivity index (χ4n) is 3.51. The van der Waals surface area contributed by atoms with E-state index in [1.165, 1.54) is 0 Å². The van der Waals surface area contributed by atoms with Gasteiger partial charge < -0.3 is 20.3 Å². The van der Waals surface area contributed by atoms with Crippen molar-refractivity contribution >= 4 is 11.9 Å². The number of hydrogen-bond donors (Lipinski definition) is 2. The SMILES string of the molecule is O=C1NC2=C(C(=O)N(CC3CCCO3)C2)C(c2ccccc2)N1. The first-order valence-corrected chi connectivity index (χ1v) is 7.99. The minimum Gasteiger partial charge on any atom is -0.376 e. The van der Waals surface area contributed by atoms with Gasteiger partial charge in [0, 0.05) is 13.2 Å². The highest BCUT2D eigenvalue weighted by Gasteiger charge is 2.41. The van der Waals surface area contributed by atoms with Gasteiger partial charge in [-0.3, -0.25) is 4.79 Å². The number of amides is 3. The van der Waals surface area contributed by atoms with E-state index in [1.54, 1.807) is 4.90 Å². The molecule has 1 aromatic rings. The number of hydrogen-bond acceptors (Lipinski definition) is 3. The molecule has 0 aromatic heterocycles. The monoisotopic (exact) mass is 313 g/mol. The second kappa shape index (κ2) is 5.70. The maximum Gasteiger partial charge on any atom is 0.319 e. The standard InChI is InChI=1S/C17H19N3O3/c21-16-14-13(10-20(16)9-12-7-4-8-23-12)18-17(22)19-15(14)11-5-2-1-3-6-11/h1-3,5-6,12,15H,4,7-10H2,(H2,18,19,22). The molecular weight excluding hydrogens is 294 g/mol. The van der Waals surface area contributed by atoms with Gasteiger partial charge in [-0.15, -0.1) is 0 Å². The number of urea groups is 1. The van der Waals surface area contributed by atoms with Crippen molar-refractivity contribution in [3.63, 3.8) is 0 Å². The summed E-state index contributed by atoms with van der Waals surface area (Å²) < 4.78 is 5.63. The van der Waals surface area contributed by atoms with E-state index in [-0.39, 0.29) is 24.1 Å². The molecule has 1 saturated heterocycles. The Labute approximate surface area is 134 Å². The summed E-state index contributed by atoms with van der Waals surface area (Å²) in [6.07, 6.45) is 2.14. The highest BCUT2D eigenvalue weighted by molar-refractivity contribution is 6.01. The van der Waals surface area contributed by atoms with Crippen LogP contribution in [0.4, 0.5) is 4.79 Å². The van der Waals surface area contributed by atoms with Crippen LogP contribution in [-0.2, 0) is 9.53 Å². The van der Waals surface area contributed by atoms with Crippen LogP contribution in [0.25, 0.3) is 0 Å². The van der Waals surface area contributed by atoms with Crippen LogP contribution in [0, 0.1) is 0 Å². The summed E-state index contributed by atoms with van der Waals surface area (Å²) in [7, 11) is 0. The third-order valence-corrected chi connectivity index (χ3v) is 4.60. The predicted molar refractivity (Wildman–Crippen MR) is 83.4 cm³/mol. The highest BCUT2D eigenvalue weighted by atomic mass is 16.5. The first kappa shape index (κ1) is 14.3. The normalized spacial score (nSPS) is 27.0. The first-order valence-electron chi connectivity index (χ1n) is 7.99. The van der Waals surface area contributed by atoms with Gasteiger partial charge in [0.1, 0.15) is 0 Å². The van der Waals surface area contributed by atoms with E-state index < -0.39 is 0 Å². The molecule has 0 aliphatic carbocycles. The Hall–Kier alpha value is -2.34. The summed E-state index contributed by atoms with van der Waals surface area (Å²) in [6, 6.07) is 8.95. The molecule has 2 unspecified atom stereocenters. The van der Waals surface area contributed by atoms with Crippen molar-refractivity contribution in [1.29, 1.82) is 0 Å². The van der Waals surface area contributed by atoms with Crippen molar-refractivity contribution in [2.45, 2.75) is 25.0 Å². The molecular formula is C17H19N3O3. The van der Waals surface area contributed by atoms with Gasteiger partial charge in [0.25, 0.3) is 5.91 Å². The lowest BCUT2D eigenvalue weighted by Crippen LogP contribution is -2.44. The molecule has 3 aliphatic heterocycles. The molecule has 4 rings (SSSR count). The Morgan fingerprint density at radius 1 is 1.22 bits per heavy atom. The molecule has 0 bridgehead atoms. The minimum absolute atomic E-state index is 0.0168. The van der Waals surface area contributed by atoms with Gasteiger partial charge in [0.15, 0.2) is 0 Å². The highest BCUT2D eigenvalue weighted by Crippen LogP contribution is 2.32. The molecule has 0 radical (unpaired) electrons. The predicted octanol–water partition coefficient (Wildman–Crippen LogP) is 1.32. The topological polar surface area (TPSA) is 70.7 Å². The average Bonchev–Trinajstić information content (AvgIpc) is 3.17. The zero-order chi connectivity index (χ0) is 15.8. The quantitative estimate of drug-likeness (QED) is 0.884. The second-order valence-electron chi connectivity index (χ2n) is 6.16. The van der Waals surface area contributed by atoms with E-state index in [2.05, 4.69) is 10.6 Å². The zero-order valence-corrected chi connectivity index (χ0v) is 12.7. The van der Waals surface area contributed by atoms with Gasteiger partial charge in [-0.2, -0.15) is 0 Å². The molecule has 0 spiro atoms. The van der Waals surface area contributed by atoms with E-state index in [0.717, 1.165) is 25.0 Å². The fourth-order valence-corrected chi connectivity index (χ4v) is 3.51. The molecule has 23 heavy (non-hydrogen) atoms. The van der Waals surface area contributed by atoms with Crippen LogP contribution in [0.15, 0.2) is 41.6 Å². The largest absolute Gasteiger partial charge is 0.376 e. The Balaban J connectivity index is 1.59. The smallest absolute Gasteiger partial charge is 0.319 e. The van der Waals surface area contributed by atoms with Crippen LogP contribution in [0.2, 0.25) is 0 Å². The van der Waals surface area contributed by atoms with E-state index >= 15 is 0 Å². The molecule has 6 heteroatoms. The number of carbonyl (C=O) groups is 2. The van der Waals surface area contributed by atoms with Crippen LogP contribution in [0.1, 0.15) is 24.4 Å². The Kier molecular flexibility index (Phi) is 3.53. The maximum atomic E-state index is 12.8. The summed E-state index contributed by atoms with van der Waals surface area (Å²) in [5.74, 6) is -0.0168. The van der Waals surface area contributed by atoms with Gasteiger partial charge in [-0.25, -0.2) is 4.79 Å². The van der Waals surface area contributed by atoms with Crippen LogP contribution in [0.5, 0.6) is 0 Å². The summed E-state index contributed by atoms with van der Waals surface area (Å²) in [6.45, 7) is 1.80. The van der Waals surface area contributed by atoms with Crippen LogP contribution in [0.3, 0.4) is 0 Å². The molecule has 1 fully saturated rings. The van der Waals surface area contributed by atoms with E-state index in [0.29, 0.717) is 24.4 Å². The number of ether oxygens (including phenoxy) is 1. The summed E-state index contributed by atoms with van der Waals surface area (Å²) in [5, 5.41) is 5.65. The van der Waals surface area contributed by atoms with Gasteiger partial charge in [-0.05, 0) is 18.4 Å². The third kappa shape index (κ3) is 2.59. The second-order valence-corrected chi connectivity index (χ2v) is 6.16. The van der Waals surface area contributed by atoms with Crippen LogP contribution in [-0.4, -0.2) is 42.6 Å². The average molecular weight is 313 g/mol. The molecule has 1 aromatic carbocycles. The van der Waals surface area contributed by atoms with E-state index in [1.807, 2.05) is 30.3 Å². The molecule has 3 amide bonds. The number of nitrogens with one attached hydrogen (secondary N) is 2. The first-order chi connectivity index (χ1) is 11.2. The maximum absolute atomic E-state index is 12.8. The van der Waals surface area contributed by atoms with Crippen molar-refractivity contribution in [1.82, 2.24) is 15.5 Å². The molecule has 2 N–H and O–H groups in total. The number of benzene rings is 1. The number of rotatable bonds is 3. The number of nitrogens with zero attached hydrogens (tertiary/aromatic N) is 1. The van der Waals surface area contributed by atoms with Gasteiger partial charge in [0.05, 0.1) is 30.0 Å². The van der Waals surface area contributed by atoms with Gasteiger partial charge in [-0.1, -0.05) is 30.3 Å². The van der Waals surface area contributed by atoms with Crippen molar-refractivity contribution in [3.8, 4) is 0 Å². The third-order valence-electron chi connectivity index (χ3n) is 4.60. The molecule has 0 saturated carbocycles. The van der Waals surface area contributed by atoms with E-state index in [4.69, 9.17) is 4.74 Å². The molecule has 120 valence electrons. The number of carbonyl (C=O) groups excluding carboxylic acids is 2. The lowest BCUT2D eigenvalue weighted by molar-refractivity contribution is -0.127. The van der Waals surface area contributed by atoms with Crippen molar-refractivity contribution in [2.75, 3.05) is 19.7 Å². The molecule has 6 nitrogen and oxygen atoms in total. The molecule has 3 aliphatic rings. The van der Waals surface area contributed by atoms with Gasteiger partial charge in [0.2, 0.25) is 0 Å². The van der Waals surface area contributed by atoms with Crippen LogP contribution < -0.4 is 10.6 Å². The summed E-state index contributed by atoms with van der Waals surface area (Å²) >= 11 is 0. The fraction of sp³-hybridized carbons (Fsp3) is 0.412. The minimum atomic E-state index is -0.387. The summed E-state index contributed by atoms with van der Waals surface area (Å²) in [5.41, 5.74) is 2.28. The molecule has 2 atom stereocenters. The van der Waals surface area contributed by atoms with Gasteiger partial charge >= 0.3 is 6.03 Å². The zero-order valence-electron chi connectivity index (χ0n) is 12.7.